The fourth-order valence-electron chi connectivity index (χ4n) is 3.39. The van der Waals surface area contributed by atoms with Crippen LogP contribution < -0.4 is 10.6 Å². The van der Waals surface area contributed by atoms with Crippen molar-refractivity contribution in [2.24, 2.45) is 4.99 Å². The van der Waals surface area contributed by atoms with Crippen LogP contribution in [0.5, 0.6) is 0 Å². The number of hydrogen-bond acceptors (Lipinski definition) is 5. The molecule has 0 radical (unpaired) electrons. The van der Waals surface area contributed by atoms with Crippen LogP contribution in [-0.2, 0) is 21.3 Å². The van der Waals surface area contributed by atoms with Crippen molar-refractivity contribution in [2.75, 3.05) is 51.7 Å². The lowest BCUT2D eigenvalue weighted by Gasteiger charge is -2.33. The molecule has 2 aromatic rings. The molecule has 2 heterocycles. The Kier molecular flexibility index (Phi) is 9.82. The first-order chi connectivity index (χ1) is 14.8. The molecule has 1 aromatic heterocycles. The number of hydrogen-bond donors (Lipinski definition) is 2. The van der Waals surface area contributed by atoms with Gasteiger partial charge in [0.05, 0.1) is 25.8 Å². The zero-order valence-electron chi connectivity index (χ0n) is 17.6. The minimum atomic E-state index is -0.898. The Morgan fingerprint density at radius 1 is 1.20 bits per heavy atom. The molecule has 164 valence electrons. The predicted octanol–water partition coefficient (Wildman–Crippen LogP) is 2.63. The van der Waals surface area contributed by atoms with E-state index < -0.39 is 10.8 Å². The highest BCUT2D eigenvalue weighted by Crippen LogP contribution is 2.26. The second kappa shape index (κ2) is 12.8. The van der Waals surface area contributed by atoms with Gasteiger partial charge in [0.15, 0.2) is 5.96 Å². The van der Waals surface area contributed by atoms with E-state index in [1.54, 1.807) is 11.3 Å². The fourth-order valence-corrected chi connectivity index (χ4v) is 5.28. The van der Waals surface area contributed by atoms with Crippen LogP contribution in [0.25, 0.3) is 0 Å². The molecule has 1 aromatic carbocycles. The van der Waals surface area contributed by atoms with Crippen molar-refractivity contribution in [3.63, 3.8) is 0 Å². The molecule has 2 N–H and O–H groups in total. The number of nitrogens with one attached hydrogen (secondary N) is 2. The van der Waals surface area contributed by atoms with Gasteiger partial charge in [-0.1, -0.05) is 36.4 Å². The maximum absolute atomic E-state index is 12.4. The molecule has 0 amide bonds. The van der Waals surface area contributed by atoms with Crippen molar-refractivity contribution in [2.45, 2.75) is 18.7 Å². The minimum Gasteiger partial charge on any atom is -0.379 e. The molecule has 2 unspecified atom stereocenters. The van der Waals surface area contributed by atoms with Crippen molar-refractivity contribution in [3.8, 4) is 0 Å². The van der Waals surface area contributed by atoms with E-state index in [9.17, 15) is 4.21 Å². The molecule has 1 fully saturated rings. The summed E-state index contributed by atoms with van der Waals surface area (Å²) in [6.45, 7) is 7.58. The predicted molar refractivity (Wildman–Crippen MR) is 127 cm³/mol. The molecule has 0 bridgehead atoms. The SMILES string of the molecule is CCNC(=NCC(c1cccs1)N1CCOCC1)NCCS(=O)Cc1ccccc1. The summed E-state index contributed by atoms with van der Waals surface area (Å²) in [4.78, 5) is 8.63. The van der Waals surface area contributed by atoms with E-state index in [2.05, 4.69) is 40.0 Å². The first-order valence-electron chi connectivity index (χ1n) is 10.5. The van der Waals surface area contributed by atoms with E-state index in [1.165, 1.54) is 4.88 Å². The fraction of sp³-hybridized carbons (Fsp3) is 0.500. The summed E-state index contributed by atoms with van der Waals surface area (Å²) in [6, 6.07) is 14.5. The van der Waals surface area contributed by atoms with Gasteiger partial charge in [-0.05, 0) is 23.9 Å². The van der Waals surface area contributed by atoms with Gasteiger partial charge in [-0.3, -0.25) is 14.1 Å². The van der Waals surface area contributed by atoms with Crippen LogP contribution in [0.4, 0.5) is 0 Å². The minimum absolute atomic E-state index is 0.261. The Labute approximate surface area is 186 Å². The number of rotatable bonds is 10. The molecule has 0 aliphatic carbocycles. The molecular formula is C22H32N4O2S2. The molecular weight excluding hydrogens is 416 g/mol. The maximum atomic E-state index is 12.4. The van der Waals surface area contributed by atoms with Gasteiger partial charge in [-0.25, -0.2) is 0 Å². The Hall–Kier alpha value is -1.74. The Morgan fingerprint density at radius 2 is 2.00 bits per heavy atom. The van der Waals surface area contributed by atoms with Crippen LogP contribution in [0.1, 0.15) is 23.4 Å². The topological polar surface area (TPSA) is 66.0 Å². The highest BCUT2D eigenvalue weighted by Gasteiger charge is 2.23. The summed E-state index contributed by atoms with van der Waals surface area (Å²) >= 11 is 1.78. The van der Waals surface area contributed by atoms with Crippen molar-refractivity contribution in [3.05, 3.63) is 58.3 Å². The molecule has 2 atom stereocenters. The van der Waals surface area contributed by atoms with Gasteiger partial charge >= 0.3 is 0 Å². The maximum Gasteiger partial charge on any atom is 0.191 e. The second-order valence-electron chi connectivity index (χ2n) is 7.10. The second-order valence-corrected chi connectivity index (χ2v) is 9.66. The van der Waals surface area contributed by atoms with Gasteiger partial charge in [0, 0.05) is 53.4 Å². The van der Waals surface area contributed by atoms with Crippen molar-refractivity contribution >= 4 is 28.1 Å². The average molecular weight is 449 g/mol. The molecule has 3 rings (SSSR count). The number of nitrogens with zero attached hydrogens (tertiary/aromatic N) is 2. The summed E-state index contributed by atoms with van der Waals surface area (Å²) in [5, 5.41) is 8.78. The smallest absolute Gasteiger partial charge is 0.191 e. The lowest BCUT2D eigenvalue weighted by molar-refractivity contribution is 0.0186. The summed E-state index contributed by atoms with van der Waals surface area (Å²) in [5.74, 6) is 1.97. The summed E-state index contributed by atoms with van der Waals surface area (Å²) in [6.07, 6.45) is 0. The number of guanidine groups is 1. The highest BCUT2D eigenvalue weighted by molar-refractivity contribution is 7.84. The van der Waals surface area contributed by atoms with Crippen molar-refractivity contribution in [1.82, 2.24) is 15.5 Å². The summed E-state index contributed by atoms with van der Waals surface area (Å²) in [5.41, 5.74) is 1.11. The van der Waals surface area contributed by atoms with Crippen molar-refractivity contribution < 1.29 is 8.95 Å². The third-order valence-electron chi connectivity index (χ3n) is 4.92. The number of thiophene rings is 1. The molecule has 0 saturated carbocycles. The summed E-state index contributed by atoms with van der Waals surface area (Å²) in [7, 11) is -0.898. The van der Waals surface area contributed by atoms with Crippen LogP contribution >= 0.6 is 11.3 Å². The summed E-state index contributed by atoms with van der Waals surface area (Å²) < 4.78 is 17.9. The molecule has 6 nitrogen and oxygen atoms in total. The van der Waals surface area contributed by atoms with E-state index in [4.69, 9.17) is 9.73 Å². The van der Waals surface area contributed by atoms with Crippen LogP contribution in [-0.4, -0.2) is 66.8 Å². The quantitative estimate of drug-likeness (QED) is 0.432. The third kappa shape index (κ3) is 7.50. The Morgan fingerprint density at radius 3 is 2.70 bits per heavy atom. The zero-order chi connectivity index (χ0) is 21.0. The molecule has 0 spiro atoms. The van der Waals surface area contributed by atoms with Gasteiger partial charge in [0.25, 0.3) is 0 Å². The lowest BCUT2D eigenvalue weighted by Crippen LogP contribution is -2.42. The van der Waals surface area contributed by atoms with Gasteiger partial charge in [0.1, 0.15) is 0 Å². The van der Waals surface area contributed by atoms with Crippen LogP contribution in [0.3, 0.4) is 0 Å². The first-order valence-corrected chi connectivity index (χ1v) is 12.9. The molecule has 30 heavy (non-hydrogen) atoms. The number of aliphatic imine (C=N–C) groups is 1. The number of benzene rings is 1. The first kappa shape index (κ1) is 22.9. The number of morpholine rings is 1. The van der Waals surface area contributed by atoms with E-state index in [0.29, 0.717) is 24.6 Å². The van der Waals surface area contributed by atoms with Crippen LogP contribution in [0.15, 0.2) is 52.8 Å². The average Bonchev–Trinajstić information content (AvgIpc) is 3.30. The standard InChI is InChI=1S/C22H32N4O2S2/c1-2-23-22(24-10-16-30(27)18-19-7-4-3-5-8-19)25-17-20(21-9-6-15-29-21)26-11-13-28-14-12-26/h3-9,15,20H,2,10-14,16-18H2,1H3,(H2,23,24,25). The zero-order valence-corrected chi connectivity index (χ0v) is 19.2. The Balaban J connectivity index is 1.53. The third-order valence-corrected chi connectivity index (χ3v) is 7.21. The lowest BCUT2D eigenvalue weighted by atomic mass is 10.2. The van der Waals surface area contributed by atoms with Crippen molar-refractivity contribution in [1.29, 1.82) is 0 Å². The largest absolute Gasteiger partial charge is 0.379 e. The number of ether oxygens (including phenoxy) is 1. The van der Waals surface area contributed by atoms with Crippen LogP contribution in [0.2, 0.25) is 0 Å². The molecule has 1 aliphatic heterocycles. The monoisotopic (exact) mass is 448 g/mol. The molecule has 1 saturated heterocycles. The van der Waals surface area contributed by atoms with E-state index in [-0.39, 0.29) is 6.04 Å². The van der Waals surface area contributed by atoms with Gasteiger partial charge in [-0.2, -0.15) is 0 Å². The van der Waals surface area contributed by atoms with Gasteiger partial charge in [0.2, 0.25) is 0 Å². The normalized spacial score (nSPS) is 17.4. The van der Waals surface area contributed by atoms with E-state index in [1.807, 2.05) is 30.3 Å². The van der Waals surface area contributed by atoms with Crippen LogP contribution in [0, 0.1) is 0 Å². The molecule has 8 heteroatoms. The van der Waals surface area contributed by atoms with E-state index >= 15 is 0 Å². The van der Waals surface area contributed by atoms with Gasteiger partial charge in [-0.15, -0.1) is 11.3 Å². The molecule has 1 aliphatic rings. The highest BCUT2D eigenvalue weighted by atomic mass is 32.2. The Bertz CT molecular complexity index is 778. The van der Waals surface area contributed by atoms with Gasteiger partial charge < -0.3 is 15.4 Å². The van der Waals surface area contributed by atoms with E-state index in [0.717, 1.165) is 44.4 Å².